The fourth-order valence-electron chi connectivity index (χ4n) is 3.05. The number of methoxy groups -OCH3 is 2. The van der Waals surface area contributed by atoms with Crippen molar-refractivity contribution < 1.29 is 23.7 Å². The van der Waals surface area contributed by atoms with Crippen LogP contribution in [0.25, 0.3) is 0 Å². The van der Waals surface area contributed by atoms with Crippen molar-refractivity contribution in [3.63, 3.8) is 0 Å². The van der Waals surface area contributed by atoms with E-state index in [1.807, 2.05) is 31.2 Å². The van der Waals surface area contributed by atoms with Crippen LogP contribution in [-0.4, -0.2) is 57.4 Å². The highest BCUT2D eigenvalue weighted by atomic mass is 16.5. The number of aryl methyl sites for hydroxylation is 1. The molecule has 1 aliphatic heterocycles. The second-order valence-electron chi connectivity index (χ2n) is 6.44. The molecule has 27 heavy (non-hydrogen) atoms. The fraction of sp³-hybridized carbons (Fsp3) is 0.381. The van der Waals surface area contributed by atoms with Gasteiger partial charge in [0.1, 0.15) is 18.5 Å². The van der Waals surface area contributed by atoms with Crippen molar-refractivity contribution in [3.05, 3.63) is 53.6 Å². The highest BCUT2D eigenvalue weighted by Crippen LogP contribution is 2.28. The average Bonchev–Trinajstić information content (AvgIpc) is 2.71. The fourth-order valence-corrected chi connectivity index (χ4v) is 3.05. The Labute approximate surface area is 159 Å². The Morgan fingerprint density at radius 2 is 1.96 bits per heavy atom. The Morgan fingerprint density at radius 3 is 2.70 bits per heavy atom. The van der Waals surface area contributed by atoms with E-state index in [4.69, 9.17) is 18.9 Å². The maximum absolute atomic E-state index is 12.9. The van der Waals surface area contributed by atoms with Gasteiger partial charge in [0.25, 0.3) is 5.91 Å². The van der Waals surface area contributed by atoms with Crippen molar-refractivity contribution in [2.45, 2.75) is 13.0 Å². The molecule has 1 heterocycles. The van der Waals surface area contributed by atoms with Crippen molar-refractivity contribution in [2.24, 2.45) is 0 Å². The minimum atomic E-state index is -0.164. The number of hydrogen-bond acceptors (Lipinski definition) is 5. The van der Waals surface area contributed by atoms with Gasteiger partial charge in [0, 0.05) is 12.1 Å². The van der Waals surface area contributed by atoms with Crippen molar-refractivity contribution >= 4 is 5.91 Å². The molecule has 3 rings (SSSR count). The molecule has 0 aliphatic carbocycles. The van der Waals surface area contributed by atoms with Crippen LogP contribution in [0.15, 0.2) is 42.5 Å². The van der Waals surface area contributed by atoms with Gasteiger partial charge in [-0.1, -0.05) is 12.1 Å². The molecule has 1 aliphatic rings. The van der Waals surface area contributed by atoms with Gasteiger partial charge in [-0.3, -0.25) is 4.79 Å². The van der Waals surface area contributed by atoms with E-state index < -0.39 is 0 Å². The van der Waals surface area contributed by atoms with Gasteiger partial charge in [-0.2, -0.15) is 0 Å². The molecule has 6 nitrogen and oxygen atoms in total. The number of benzene rings is 2. The highest BCUT2D eigenvalue weighted by molar-refractivity contribution is 5.95. The lowest BCUT2D eigenvalue weighted by Gasteiger charge is -2.33. The smallest absolute Gasteiger partial charge is 0.254 e. The molecule has 0 spiro atoms. The van der Waals surface area contributed by atoms with E-state index in [1.54, 1.807) is 37.3 Å². The number of morpholine rings is 1. The van der Waals surface area contributed by atoms with Crippen LogP contribution in [-0.2, 0) is 4.74 Å². The molecule has 2 aromatic rings. The third-order valence-electron chi connectivity index (χ3n) is 4.48. The maximum atomic E-state index is 12.9. The Hall–Kier alpha value is -2.73. The first kappa shape index (κ1) is 19.0. The summed E-state index contributed by atoms with van der Waals surface area (Å²) in [6.45, 7) is 3.95. The molecule has 1 amide bonds. The number of rotatable bonds is 6. The zero-order chi connectivity index (χ0) is 19.2. The van der Waals surface area contributed by atoms with Crippen molar-refractivity contribution in [1.29, 1.82) is 0 Å². The third kappa shape index (κ3) is 4.71. The molecule has 6 heteroatoms. The Kier molecular flexibility index (Phi) is 6.19. The summed E-state index contributed by atoms with van der Waals surface area (Å²) in [5, 5.41) is 0. The summed E-state index contributed by atoms with van der Waals surface area (Å²) in [4.78, 5) is 14.7. The third-order valence-corrected chi connectivity index (χ3v) is 4.48. The van der Waals surface area contributed by atoms with Gasteiger partial charge in [0.05, 0.1) is 27.4 Å². The number of hydrogen-bond donors (Lipinski definition) is 0. The first-order valence-corrected chi connectivity index (χ1v) is 8.93. The number of carbonyl (C=O) groups excluding carboxylic acids is 1. The highest BCUT2D eigenvalue weighted by Gasteiger charge is 2.26. The largest absolute Gasteiger partial charge is 0.493 e. The van der Waals surface area contributed by atoms with Gasteiger partial charge in [-0.05, 0) is 42.8 Å². The van der Waals surface area contributed by atoms with E-state index in [2.05, 4.69) is 0 Å². The zero-order valence-corrected chi connectivity index (χ0v) is 15.9. The van der Waals surface area contributed by atoms with Crippen molar-refractivity contribution in [3.8, 4) is 17.2 Å². The van der Waals surface area contributed by atoms with E-state index in [-0.39, 0.29) is 12.0 Å². The van der Waals surface area contributed by atoms with E-state index in [0.29, 0.717) is 43.4 Å². The van der Waals surface area contributed by atoms with Crippen LogP contribution in [0.1, 0.15) is 15.9 Å². The molecule has 144 valence electrons. The van der Waals surface area contributed by atoms with E-state index in [9.17, 15) is 4.79 Å². The second-order valence-corrected chi connectivity index (χ2v) is 6.44. The maximum Gasteiger partial charge on any atom is 0.254 e. The molecule has 1 saturated heterocycles. The molecule has 0 bridgehead atoms. The lowest BCUT2D eigenvalue weighted by atomic mass is 10.1. The zero-order valence-electron chi connectivity index (χ0n) is 15.9. The normalized spacial score (nSPS) is 16.7. The predicted molar refractivity (Wildman–Crippen MR) is 102 cm³/mol. The molecule has 0 saturated carbocycles. The predicted octanol–water partition coefficient (Wildman–Crippen LogP) is 2.93. The van der Waals surface area contributed by atoms with Gasteiger partial charge in [-0.15, -0.1) is 0 Å². The van der Waals surface area contributed by atoms with Gasteiger partial charge in [-0.25, -0.2) is 0 Å². The number of nitrogens with zero attached hydrogens (tertiary/aromatic N) is 1. The van der Waals surface area contributed by atoms with Crippen molar-refractivity contribution in [2.75, 3.05) is 40.5 Å². The van der Waals surface area contributed by atoms with Crippen LogP contribution in [0.3, 0.4) is 0 Å². The van der Waals surface area contributed by atoms with E-state index in [1.165, 1.54) is 0 Å². The molecule has 1 fully saturated rings. The molecule has 1 atom stereocenters. The quantitative estimate of drug-likeness (QED) is 0.781. The number of ether oxygens (including phenoxy) is 4. The topological polar surface area (TPSA) is 57.2 Å². The van der Waals surface area contributed by atoms with Crippen LogP contribution in [0, 0.1) is 6.92 Å². The summed E-state index contributed by atoms with van der Waals surface area (Å²) in [5.74, 6) is 1.89. The van der Waals surface area contributed by atoms with Gasteiger partial charge in [0.2, 0.25) is 0 Å². The molecule has 2 aromatic carbocycles. The summed E-state index contributed by atoms with van der Waals surface area (Å²) >= 11 is 0. The molecule has 0 aromatic heterocycles. The first-order valence-electron chi connectivity index (χ1n) is 8.93. The minimum Gasteiger partial charge on any atom is -0.493 e. The standard InChI is InChI=1S/C21H25NO5/c1-15-5-4-6-17(11-15)27-14-18-13-22(9-10-26-18)21(23)16-7-8-19(24-2)20(12-16)25-3/h4-8,11-12,18H,9-10,13-14H2,1-3H3. The first-order chi connectivity index (χ1) is 13.1. The van der Waals surface area contributed by atoms with Crippen molar-refractivity contribution in [1.82, 2.24) is 4.90 Å². The summed E-state index contributed by atoms with van der Waals surface area (Å²) in [6, 6.07) is 13.1. The average molecular weight is 371 g/mol. The van der Waals surface area contributed by atoms with Crippen LogP contribution in [0.4, 0.5) is 0 Å². The van der Waals surface area contributed by atoms with Crippen LogP contribution >= 0.6 is 0 Å². The number of carbonyl (C=O) groups is 1. The van der Waals surface area contributed by atoms with Gasteiger partial charge >= 0.3 is 0 Å². The summed E-state index contributed by atoms with van der Waals surface area (Å²) in [7, 11) is 3.12. The Balaban J connectivity index is 1.62. The second kappa shape index (κ2) is 8.77. The molecule has 1 unspecified atom stereocenters. The van der Waals surface area contributed by atoms with E-state index in [0.717, 1.165) is 11.3 Å². The van der Waals surface area contributed by atoms with Crippen LogP contribution in [0.5, 0.6) is 17.2 Å². The summed E-state index contributed by atoms with van der Waals surface area (Å²) in [6.07, 6.45) is -0.164. The summed E-state index contributed by atoms with van der Waals surface area (Å²) in [5.41, 5.74) is 1.70. The van der Waals surface area contributed by atoms with E-state index >= 15 is 0 Å². The minimum absolute atomic E-state index is 0.0557. The van der Waals surface area contributed by atoms with Crippen LogP contribution < -0.4 is 14.2 Å². The monoisotopic (exact) mass is 371 g/mol. The molecule has 0 N–H and O–H groups in total. The van der Waals surface area contributed by atoms with Crippen LogP contribution in [0.2, 0.25) is 0 Å². The summed E-state index contributed by atoms with van der Waals surface area (Å²) < 4.78 is 22.1. The molecular formula is C21H25NO5. The lowest BCUT2D eigenvalue weighted by molar-refractivity contribution is -0.0401. The number of amides is 1. The Morgan fingerprint density at radius 1 is 1.15 bits per heavy atom. The molecule has 0 radical (unpaired) electrons. The van der Waals surface area contributed by atoms with Gasteiger partial charge in [0.15, 0.2) is 11.5 Å². The molecular weight excluding hydrogens is 346 g/mol. The Bertz CT molecular complexity index is 792. The van der Waals surface area contributed by atoms with Gasteiger partial charge < -0.3 is 23.8 Å². The SMILES string of the molecule is COc1ccc(C(=O)N2CCOC(COc3cccc(C)c3)C2)cc1OC. The lowest BCUT2D eigenvalue weighted by Crippen LogP contribution is -2.47.